The Balaban J connectivity index is 0.000000480. The van der Waals surface area contributed by atoms with Gasteiger partial charge in [0.1, 0.15) is 0 Å². The van der Waals surface area contributed by atoms with Gasteiger partial charge in [0.15, 0.2) is 0 Å². The summed E-state index contributed by atoms with van der Waals surface area (Å²) in [7, 11) is 0. The van der Waals surface area contributed by atoms with Crippen LogP contribution in [0.2, 0.25) is 0 Å². The molecule has 0 aliphatic heterocycles. The minimum atomic E-state index is 0. The third-order valence-electron chi connectivity index (χ3n) is 9.58. The van der Waals surface area contributed by atoms with E-state index in [1.54, 1.807) is 0 Å². The first-order valence-electron chi connectivity index (χ1n) is 17.2. The van der Waals surface area contributed by atoms with Crippen LogP contribution in [0.1, 0.15) is 69.4 Å². The second-order valence-electron chi connectivity index (χ2n) is 15.3. The molecule has 0 atom stereocenters. The molecule has 0 N–H and O–H groups in total. The van der Waals surface area contributed by atoms with Crippen molar-refractivity contribution in [2.45, 2.75) is 73.1 Å². The SMILES string of the molecule is Cc1cc2c(-c3ccc(C(C)(C)C)cc3)ccc(C)c2[cH-]1.Cc1ccccc1-c1cc2c(-c3ccc(C(C)(C)C)cc3)cccc2[cH-]1.Cl.Cl.[CH3-].[CH3-].[Si]=[Zr]. The van der Waals surface area contributed by atoms with Crippen molar-refractivity contribution in [3.05, 3.63) is 170 Å². The molecule has 0 aliphatic rings. The van der Waals surface area contributed by atoms with E-state index in [0.29, 0.717) is 0 Å². The van der Waals surface area contributed by atoms with Gasteiger partial charge in [-0.2, -0.15) is 6.07 Å². The second-order valence-corrected chi connectivity index (χ2v) is 15.3. The van der Waals surface area contributed by atoms with Crippen molar-refractivity contribution < 1.29 is 23.3 Å². The van der Waals surface area contributed by atoms with Gasteiger partial charge < -0.3 is 14.9 Å². The normalized spacial score (nSPS) is 10.6. The van der Waals surface area contributed by atoms with Crippen LogP contribution in [-0.4, -0.2) is 6.88 Å². The molecule has 278 valence electrons. The fourth-order valence-corrected chi connectivity index (χ4v) is 6.68. The average Bonchev–Trinajstić information content (AvgIpc) is 3.70. The molecule has 53 heavy (non-hydrogen) atoms. The summed E-state index contributed by atoms with van der Waals surface area (Å²) in [6, 6.07) is 47.0. The number of rotatable bonds is 3. The van der Waals surface area contributed by atoms with Crippen molar-refractivity contribution in [3.8, 4) is 33.4 Å². The van der Waals surface area contributed by atoms with E-state index in [-0.39, 0.29) is 50.5 Å². The minimum absolute atomic E-state index is 0. The van der Waals surface area contributed by atoms with E-state index in [2.05, 4.69) is 197 Å². The number of fused-ring (bicyclic) bond motifs is 2. The molecule has 0 nitrogen and oxygen atoms in total. The second kappa shape index (κ2) is 20.1. The van der Waals surface area contributed by atoms with Gasteiger partial charge in [-0.25, -0.2) is 0 Å². The summed E-state index contributed by atoms with van der Waals surface area (Å²) in [5, 5.41) is 5.39. The van der Waals surface area contributed by atoms with Crippen LogP contribution in [0.25, 0.3) is 54.9 Å². The Bertz CT molecular complexity index is 2190. The van der Waals surface area contributed by atoms with E-state index in [0.717, 1.165) is 0 Å². The molecule has 0 saturated heterocycles. The van der Waals surface area contributed by atoms with Crippen LogP contribution in [0.3, 0.4) is 0 Å². The van der Waals surface area contributed by atoms with E-state index in [9.17, 15) is 0 Å². The molecule has 0 amide bonds. The van der Waals surface area contributed by atoms with E-state index in [4.69, 9.17) is 0 Å². The van der Waals surface area contributed by atoms with Crippen molar-refractivity contribution >= 4 is 53.2 Å². The van der Waals surface area contributed by atoms with Gasteiger partial charge in [-0.1, -0.05) is 169 Å². The average molecular weight is 835 g/mol. The van der Waals surface area contributed by atoms with Crippen molar-refractivity contribution in [2.24, 2.45) is 0 Å². The van der Waals surface area contributed by atoms with E-state index >= 15 is 0 Å². The summed E-state index contributed by atoms with van der Waals surface area (Å²) in [6.07, 6.45) is 0. The van der Waals surface area contributed by atoms with E-state index in [1.807, 2.05) is 0 Å². The molecule has 7 aromatic carbocycles. The van der Waals surface area contributed by atoms with Crippen LogP contribution < -0.4 is 0 Å². The molecule has 0 aliphatic carbocycles. The Kier molecular flexibility index (Phi) is 18.2. The molecule has 0 heterocycles. The third-order valence-corrected chi connectivity index (χ3v) is 9.58. The van der Waals surface area contributed by atoms with Gasteiger partial charge in [0.05, 0.1) is 0 Å². The standard InChI is InChI=1S/C26H25.C21H23.2CH3.2ClH.Si.Zr/c1-18-8-5-6-10-23(18)21-16-20-9-7-11-24(25(20)17-21)19-12-14-22(15-13-19)26(2,3)4;1-14-12-19-15(2)6-11-18(20(19)13-14)16-7-9-17(10-8-16)21(3,4)5;;;;;;/h5-17H,1-4H3;6-13H,1-5H3;2*1H3;2*1H;;/q4*-1;;;;. The Labute approximate surface area is 350 Å². The molecule has 0 spiro atoms. The van der Waals surface area contributed by atoms with Crippen molar-refractivity contribution in [2.75, 3.05) is 0 Å². The van der Waals surface area contributed by atoms with Crippen LogP contribution >= 0.6 is 24.8 Å². The molecular weight excluding hydrogens is 779 g/mol. The Hall–Kier alpha value is -3.00. The van der Waals surface area contributed by atoms with Crippen molar-refractivity contribution in [1.29, 1.82) is 0 Å². The van der Waals surface area contributed by atoms with E-state index < -0.39 is 0 Å². The predicted molar refractivity (Wildman–Crippen MR) is 240 cm³/mol. The summed E-state index contributed by atoms with van der Waals surface area (Å²) in [5.74, 6) is 0. The molecular formula is C49H56Cl2SiZr-4. The summed E-state index contributed by atoms with van der Waals surface area (Å²) in [4.78, 5) is 0. The summed E-state index contributed by atoms with van der Waals surface area (Å²) in [5.41, 5.74) is 15.0. The Morgan fingerprint density at radius 3 is 1.49 bits per heavy atom. The topological polar surface area (TPSA) is 0 Å². The first-order valence-corrected chi connectivity index (χ1v) is 21.4. The van der Waals surface area contributed by atoms with Crippen LogP contribution in [0.5, 0.6) is 0 Å². The molecule has 4 heteroatoms. The molecule has 2 radical (unpaired) electrons. The van der Waals surface area contributed by atoms with Gasteiger partial charge in [0.25, 0.3) is 0 Å². The van der Waals surface area contributed by atoms with Gasteiger partial charge in [0, 0.05) is 0 Å². The van der Waals surface area contributed by atoms with E-state index in [1.165, 1.54) is 106 Å². The van der Waals surface area contributed by atoms with Gasteiger partial charge in [-0.15, -0.1) is 93.4 Å². The van der Waals surface area contributed by atoms with Gasteiger partial charge in [-0.3, -0.25) is 0 Å². The predicted octanol–water partition coefficient (Wildman–Crippen LogP) is 15.0. The first kappa shape index (κ1) is 48.0. The van der Waals surface area contributed by atoms with Gasteiger partial charge in [0.2, 0.25) is 0 Å². The van der Waals surface area contributed by atoms with Crippen LogP contribution in [0, 0.1) is 35.6 Å². The van der Waals surface area contributed by atoms with Crippen LogP contribution in [-0.2, 0) is 34.2 Å². The van der Waals surface area contributed by atoms with Crippen LogP contribution in [0.15, 0.2) is 127 Å². The fraction of sp³-hybridized carbons (Fsp3) is 0.224. The maximum atomic E-state index is 3.06. The molecule has 7 rings (SSSR count). The first-order chi connectivity index (χ1) is 23.3. The summed E-state index contributed by atoms with van der Waals surface area (Å²) < 4.78 is 0. The molecule has 0 unspecified atom stereocenters. The number of aryl methyl sites for hydroxylation is 3. The molecule has 0 saturated carbocycles. The number of halogens is 2. The monoisotopic (exact) mass is 832 g/mol. The third kappa shape index (κ3) is 11.0. The Morgan fingerprint density at radius 2 is 0.981 bits per heavy atom. The zero-order valence-corrected chi connectivity index (χ0v) is 38.5. The molecule has 7 aromatic rings. The summed E-state index contributed by atoms with van der Waals surface area (Å²) >= 11 is 1.36. The summed E-state index contributed by atoms with van der Waals surface area (Å²) in [6.45, 7) is 23.1. The van der Waals surface area contributed by atoms with Crippen LogP contribution in [0.4, 0.5) is 0 Å². The quantitative estimate of drug-likeness (QED) is 0.123. The number of hydrogen-bond acceptors (Lipinski definition) is 0. The van der Waals surface area contributed by atoms with Gasteiger partial charge >= 0.3 is 30.2 Å². The maximum absolute atomic E-state index is 3.06. The molecule has 0 bridgehead atoms. The number of hydrogen-bond donors (Lipinski definition) is 0. The molecule has 0 fully saturated rings. The van der Waals surface area contributed by atoms with Crippen molar-refractivity contribution in [3.63, 3.8) is 0 Å². The molecule has 0 aromatic heterocycles. The fourth-order valence-electron chi connectivity index (χ4n) is 6.68. The number of benzene rings is 5. The zero-order chi connectivity index (χ0) is 35.5. The Morgan fingerprint density at radius 1 is 0.491 bits per heavy atom. The van der Waals surface area contributed by atoms with Crippen molar-refractivity contribution in [1.82, 2.24) is 0 Å². The zero-order valence-electron chi connectivity index (χ0n) is 33.4. The van der Waals surface area contributed by atoms with Gasteiger partial charge in [-0.05, 0) is 40.0 Å².